The smallest absolute Gasteiger partial charge is 0.122 e. The molecule has 2 aromatic heterocycles. The van der Waals surface area contributed by atoms with Gasteiger partial charge in [-0.1, -0.05) is 78.9 Å². The summed E-state index contributed by atoms with van der Waals surface area (Å²) < 4.78 is 4.65. The van der Waals surface area contributed by atoms with E-state index in [1.807, 2.05) is 43.3 Å². The zero-order chi connectivity index (χ0) is 38.2. The summed E-state index contributed by atoms with van der Waals surface area (Å²) in [4.78, 5) is 2.21. The van der Waals surface area contributed by atoms with E-state index < -0.39 is 0 Å². The van der Waals surface area contributed by atoms with Crippen LogP contribution in [0.15, 0.2) is 194 Å². The lowest BCUT2D eigenvalue weighted by atomic mass is 10.0. The van der Waals surface area contributed by atoms with E-state index in [9.17, 15) is 0 Å². The molecule has 0 unspecified atom stereocenters. The average molecular weight is 725 g/mol. The van der Waals surface area contributed by atoms with Gasteiger partial charge in [-0.15, -0.1) is 0 Å². The summed E-state index contributed by atoms with van der Waals surface area (Å²) in [5.41, 5.74) is 25.4. The van der Waals surface area contributed by atoms with Crippen molar-refractivity contribution in [1.29, 1.82) is 5.41 Å². The van der Waals surface area contributed by atoms with Gasteiger partial charge in [-0.2, -0.15) is 0 Å². The Morgan fingerprint density at radius 1 is 0.571 bits per heavy atom. The van der Waals surface area contributed by atoms with E-state index in [4.69, 9.17) is 16.9 Å². The molecule has 6 heteroatoms. The summed E-state index contributed by atoms with van der Waals surface area (Å²) in [6, 6.07) is 59.7. The number of nitrogens with zero attached hydrogens (tertiary/aromatic N) is 3. The number of para-hydroxylation sites is 2. The fraction of sp³-hybridized carbons (Fsp3) is 0.0200. The zero-order valence-electron chi connectivity index (χ0n) is 31.0. The second-order valence-corrected chi connectivity index (χ2v) is 13.9. The first kappa shape index (κ1) is 34.2. The maximum absolute atomic E-state index is 7.92. The van der Waals surface area contributed by atoms with Crippen LogP contribution in [0.1, 0.15) is 18.1 Å². The van der Waals surface area contributed by atoms with E-state index in [0.29, 0.717) is 5.56 Å². The lowest BCUT2D eigenvalue weighted by Gasteiger charge is -2.26. The zero-order valence-corrected chi connectivity index (χ0v) is 31.0. The number of nitrogens with two attached hydrogens (primary N) is 2. The Hall–Kier alpha value is -7.57. The van der Waals surface area contributed by atoms with Crippen LogP contribution in [-0.2, 0) is 0 Å². The summed E-state index contributed by atoms with van der Waals surface area (Å²) in [6.45, 7) is 1.98. The van der Waals surface area contributed by atoms with Crippen molar-refractivity contribution in [3.05, 3.63) is 206 Å². The number of benzene rings is 7. The number of hydrogen-bond donors (Lipinski definition) is 3. The highest BCUT2D eigenvalue weighted by Crippen LogP contribution is 2.40. The molecule has 0 spiro atoms. The maximum Gasteiger partial charge on any atom is 0.122 e. The molecule has 5 N–H and O–H groups in total. The predicted octanol–water partition coefficient (Wildman–Crippen LogP) is 12.0. The predicted molar refractivity (Wildman–Crippen MR) is 236 cm³/mol. The highest BCUT2D eigenvalue weighted by Gasteiger charge is 2.18. The van der Waals surface area contributed by atoms with E-state index in [0.717, 1.165) is 56.2 Å². The average Bonchev–Trinajstić information content (AvgIpc) is 3.81. The minimum atomic E-state index is 0.0420. The van der Waals surface area contributed by atoms with Gasteiger partial charge in [0, 0.05) is 62.6 Å². The highest BCUT2D eigenvalue weighted by molar-refractivity contribution is 6.14. The van der Waals surface area contributed by atoms with Gasteiger partial charge in [0.1, 0.15) is 5.84 Å². The fourth-order valence-corrected chi connectivity index (χ4v) is 7.77. The molecule has 6 nitrogen and oxygen atoms in total. The van der Waals surface area contributed by atoms with Crippen LogP contribution in [0, 0.1) is 5.41 Å². The molecule has 9 aromatic rings. The second kappa shape index (κ2) is 14.3. The van der Waals surface area contributed by atoms with Crippen LogP contribution in [0.25, 0.3) is 60.8 Å². The quantitative estimate of drug-likeness (QED) is 0.0786. The molecule has 270 valence electrons. The minimum absolute atomic E-state index is 0.0420. The summed E-state index contributed by atoms with van der Waals surface area (Å²) in [6.07, 6.45) is 7.78. The lowest BCUT2D eigenvalue weighted by Crippen LogP contribution is -2.13. The largest absolute Gasteiger partial charge is 0.404 e. The molecule has 0 radical (unpaired) electrons. The summed E-state index contributed by atoms with van der Waals surface area (Å²) in [5.74, 6) is 0.0420. The van der Waals surface area contributed by atoms with Crippen molar-refractivity contribution in [2.24, 2.45) is 11.5 Å². The van der Waals surface area contributed by atoms with Crippen molar-refractivity contribution in [1.82, 2.24) is 9.13 Å². The van der Waals surface area contributed by atoms with Gasteiger partial charge in [-0.25, -0.2) is 0 Å². The lowest BCUT2D eigenvalue weighted by molar-refractivity contribution is 1.13. The number of nitrogens with one attached hydrogen (secondary N) is 1. The number of hydrogen-bond acceptors (Lipinski definition) is 3. The van der Waals surface area contributed by atoms with Crippen molar-refractivity contribution in [3.8, 4) is 22.5 Å². The van der Waals surface area contributed by atoms with Crippen LogP contribution in [0.2, 0.25) is 0 Å². The Labute approximate surface area is 326 Å². The SMILES string of the molecule is C/C=C\C(=C/N)c1ccc(N(c2ccc(C(=N)N)cc2)c2ccc(-c3ccc4c(c3)c3cc5c(ccn5-c5ccccc5)cc3n4-c3ccccc3)cc2)cc1. The normalized spacial score (nSPS) is 11.9. The fourth-order valence-electron chi connectivity index (χ4n) is 7.77. The molecule has 9 rings (SSSR count). The Kier molecular flexibility index (Phi) is 8.76. The van der Waals surface area contributed by atoms with Crippen LogP contribution >= 0.6 is 0 Å². The van der Waals surface area contributed by atoms with E-state index in [-0.39, 0.29) is 5.84 Å². The Bertz CT molecular complexity index is 2920. The van der Waals surface area contributed by atoms with Crippen LogP contribution in [0.3, 0.4) is 0 Å². The molecular weight excluding hydrogens is 685 g/mol. The molecule has 0 saturated carbocycles. The third kappa shape index (κ3) is 6.09. The van der Waals surface area contributed by atoms with E-state index >= 15 is 0 Å². The molecule has 0 bridgehead atoms. The van der Waals surface area contributed by atoms with Gasteiger partial charge in [0.25, 0.3) is 0 Å². The Morgan fingerprint density at radius 2 is 1.14 bits per heavy atom. The molecule has 0 fully saturated rings. The third-order valence-corrected chi connectivity index (χ3v) is 10.5. The topological polar surface area (TPSA) is 89.0 Å². The molecule has 0 atom stereocenters. The summed E-state index contributed by atoms with van der Waals surface area (Å²) in [5, 5.41) is 11.5. The van der Waals surface area contributed by atoms with E-state index in [2.05, 4.69) is 166 Å². The molecule has 0 amide bonds. The molecule has 0 aliphatic carbocycles. The summed E-state index contributed by atoms with van der Waals surface area (Å²) in [7, 11) is 0. The summed E-state index contributed by atoms with van der Waals surface area (Å²) >= 11 is 0. The number of anilines is 3. The van der Waals surface area contributed by atoms with Crippen molar-refractivity contribution < 1.29 is 0 Å². The number of allylic oxidation sites excluding steroid dienone is 3. The van der Waals surface area contributed by atoms with Crippen molar-refractivity contribution in [2.75, 3.05) is 4.90 Å². The van der Waals surface area contributed by atoms with Crippen molar-refractivity contribution in [2.45, 2.75) is 6.92 Å². The Morgan fingerprint density at radius 3 is 1.75 bits per heavy atom. The van der Waals surface area contributed by atoms with Crippen molar-refractivity contribution >= 4 is 61.2 Å². The monoisotopic (exact) mass is 724 g/mol. The molecule has 7 aromatic carbocycles. The van der Waals surface area contributed by atoms with Crippen molar-refractivity contribution in [3.63, 3.8) is 0 Å². The first-order valence-electron chi connectivity index (χ1n) is 18.7. The number of fused-ring (bicyclic) bond motifs is 4. The number of amidine groups is 1. The van der Waals surface area contributed by atoms with Crippen LogP contribution < -0.4 is 16.4 Å². The van der Waals surface area contributed by atoms with Gasteiger partial charge >= 0.3 is 0 Å². The van der Waals surface area contributed by atoms with Gasteiger partial charge in [0.2, 0.25) is 0 Å². The molecule has 0 saturated heterocycles. The first-order valence-corrected chi connectivity index (χ1v) is 18.7. The standard InChI is InChI=1S/C50H40N6/c1-2-9-39(33-51)35-16-23-43(24-17-35)55(44-25-18-36(19-26-44)50(52)53)42-21-14-34(15-22-42)37-20-27-47-45(30-37)46-32-48-38(28-29-54(48)40-10-5-3-6-11-40)31-49(46)56(47)41-12-7-4-8-13-41/h2-33H,51H2,1H3,(H3,52,53)/b9-2-,39-33+. The molecule has 2 heterocycles. The van der Waals surface area contributed by atoms with Crippen LogP contribution in [0.4, 0.5) is 17.1 Å². The maximum atomic E-state index is 7.92. The highest BCUT2D eigenvalue weighted by atomic mass is 15.1. The van der Waals surface area contributed by atoms with Gasteiger partial charge in [0.05, 0.1) is 16.6 Å². The Balaban J connectivity index is 1.15. The second-order valence-electron chi connectivity index (χ2n) is 13.9. The minimum Gasteiger partial charge on any atom is -0.404 e. The van der Waals surface area contributed by atoms with E-state index in [1.54, 1.807) is 6.20 Å². The molecular formula is C50H40N6. The van der Waals surface area contributed by atoms with E-state index in [1.165, 1.54) is 27.2 Å². The van der Waals surface area contributed by atoms with Gasteiger partial charge < -0.3 is 25.5 Å². The number of rotatable bonds is 9. The van der Waals surface area contributed by atoms with Gasteiger partial charge in [0.15, 0.2) is 0 Å². The van der Waals surface area contributed by atoms with Crippen LogP contribution in [0.5, 0.6) is 0 Å². The number of nitrogen functional groups attached to an aromatic ring is 1. The molecule has 0 aliphatic rings. The van der Waals surface area contributed by atoms with Gasteiger partial charge in [-0.3, -0.25) is 5.41 Å². The molecule has 0 aliphatic heterocycles. The first-order chi connectivity index (χ1) is 27.5. The third-order valence-electron chi connectivity index (χ3n) is 10.5. The number of aromatic nitrogens is 2. The van der Waals surface area contributed by atoms with Gasteiger partial charge in [-0.05, 0) is 132 Å². The van der Waals surface area contributed by atoms with Crippen LogP contribution in [-0.4, -0.2) is 15.0 Å². The molecule has 56 heavy (non-hydrogen) atoms.